The topological polar surface area (TPSA) is 41.1 Å². The molecule has 4 nitrogen and oxygen atoms in total. The lowest BCUT2D eigenvalue weighted by atomic mass is 9.92. The number of rotatable bonds is 4. The van der Waals surface area contributed by atoms with Crippen LogP contribution in [0.4, 0.5) is 0 Å². The zero-order valence-corrected chi connectivity index (χ0v) is 13.2. The molecule has 2 atom stereocenters. The Labute approximate surface area is 126 Å². The van der Waals surface area contributed by atoms with Gasteiger partial charge in [-0.2, -0.15) is 5.10 Å². The lowest BCUT2D eigenvalue weighted by Crippen LogP contribution is -2.37. The molecule has 1 aliphatic rings. The van der Waals surface area contributed by atoms with Gasteiger partial charge in [0, 0.05) is 17.0 Å². The van der Waals surface area contributed by atoms with E-state index in [0.29, 0.717) is 12.1 Å². The third kappa shape index (κ3) is 2.91. The molecular formula is C17H25N3O. The number of hydrogen-bond donors (Lipinski definition) is 1. The van der Waals surface area contributed by atoms with Crippen LogP contribution in [-0.2, 0) is 6.42 Å². The molecule has 0 unspecified atom stereocenters. The number of aromatic amines is 1. The first kappa shape index (κ1) is 14.4. The van der Waals surface area contributed by atoms with Gasteiger partial charge >= 0.3 is 0 Å². The second-order valence-corrected chi connectivity index (χ2v) is 6.25. The Morgan fingerprint density at radius 2 is 2.19 bits per heavy atom. The minimum absolute atomic E-state index is 0.334. The van der Waals surface area contributed by atoms with Crippen LogP contribution in [0.2, 0.25) is 0 Å². The highest BCUT2D eigenvalue weighted by atomic mass is 16.5. The SMILES string of the molecule is CCc1c(O[C@@H]2CCC[C@H](N(C)C)C2)ccc2[nH]ncc12. The van der Waals surface area contributed by atoms with Crippen LogP contribution in [0.25, 0.3) is 10.9 Å². The van der Waals surface area contributed by atoms with Gasteiger partial charge in [-0.25, -0.2) is 0 Å². The number of ether oxygens (including phenoxy) is 1. The van der Waals surface area contributed by atoms with Gasteiger partial charge in [0.25, 0.3) is 0 Å². The Hall–Kier alpha value is -1.55. The van der Waals surface area contributed by atoms with Crippen molar-refractivity contribution < 1.29 is 4.74 Å². The number of aromatic nitrogens is 2. The molecule has 0 spiro atoms. The van der Waals surface area contributed by atoms with Crippen molar-refractivity contribution in [2.24, 2.45) is 0 Å². The molecule has 1 aromatic heterocycles. The molecule has 1 fully saturated rings. The molecule has 0 aliphatic heterocycles. The van der Waals surface area contributed by atoms with Gasteiger partial charge in [0.15, 0.2) is 0 Å². The average molecular weight is 287 g/mol. The summed E-state index contributed by atoms with van der Waals surface area (Å²) in [6.45, 7) is 2.18. The van der Waals surface area contributed by atoms with E-state index in [-0.39, 0.29) is 0 Å². The summed E-state index contributed by atoms with van der Waals surface area (Å²) in [5.74, 6) is 1.04. The smallest absolute Gasteiger partial charge is 0.123 e. The maximum absolute atomic E-state index is 6.37. The van der Waals surface area contributed by atoms with E-state index in [1.165, 1.54) is 23.8 Å². The Balaban J connectivity index is 1.81. The van der Waals surface area contributed by atoms with Crippen LogP contribution in [0.5, 0.6) is 5.75 Å². The first-order chi connectivity index (χ1) is 10.2. The molecule has 0 saturated heterocycles. The van der Waals surface area contributed by atoms with Crippen molar-refractivity contribution in [2.45, 2.75) is 51.2 Å². The minimum Gasteiger partial charge on any atom is -0.490 e. The zero-order valence-electron chi connectivity index (χ0n) is 13.2. The molecule has 0 radical (unpaired) electrons. The van der Waals surface area contributed by atoms with Crippen LogP contribution in [0, 0.1) is 0 Å². The van der Waals surface area contributed by atoms with E-state index in [2.05, 4.69) is 48.2 Å². The van der Waals surface area contributed by atoms with Gasteiger partial charge in [0.1, 0.15) is 11.9 Å². The molecule has 1 aromatic carbocycles. The fourth-order valence-corrected chi connectivity index (χ4v) is 3.41. The van der Waals surface area contributed by atoms with E-state index in [1.807, 2.05) is 6.20 Å². The van der Waals surface area contributed by atoms with Crippen molar-refractivity contribution >= 4 is 10.9 Å². The fraction of sp³-hybridized carbons (Fsp3) is 0.588. The predicted octanol–water partition coefficient (Wildman–Crippen LogP) is 3.38. The first-order valence-corrected chi connectivity index (χ1v) is 7.97. The Morgan fingerprint density at radius 1 is 1.33 bits per heavy atom. The zero-order chi connectivity index (χ0) is 14.8. The van der Waals surface area contributed by atoms with Gasteiger partial charge in [-0.05, 0) is 58.3 Å². The molecule has 1 saturated carbocycles. The summed E-state index contributed by atoms with van der Waals surface area (Å²) in [5, 5.41) is 8.37. The highest BCUT2D eigenvalue weighted by molar-refractivity contribution is 5.84. The third-order valence-electron chi connectivity index (χ3n) is 4.67. The summed E-state index contributed by atoms with van der Waals surface area (Å²) in [6, 6.07) is 4.81. The number of nitrogens with one attached hydrogen (secondary N) is 1. The first-order valence-electron chi connectivity index (χ1n) is 7.97. The fourth-order valence-electron chi connectivity index (χ4n) is 3.41. The monoisotopic (exact) mass is 287 g/mol. The lowest BCUT2D eigenvalue weighted by molar-refractivity contribution is 0.0997. The summed E-state index contributed by atoms with van der Waals surface area (Å²) >= 11 is 0. The standard InChI is InChI=1S/C17H25N3O/c1-4-14-15-11-18-19-16(15)8-9-17(14)21-13-7-5-6-12(10-13)20(2)3/h8-9,11-13H,4-7,10H2,1-3H3,(H,18,19)/t12-,13+/m0/s1. The highest BCUT2D eigenvalue weighted by Gasteiger charge is 2.25. The van der Waals surface area contributed by atoms with Crippen molar-refractivity contribution in [3.63, 3.8) is 0 Å². The normalized spacial score (nSPS) is 22.9. The van der Waals surface area contributed by atoms with Gasteiger partial charge in [-0.3, -0.25) is 5.10 Å². The van der Waals surface area contributed by atoms with E-state index in [4.69, 9.17) is 4.74 Å². The molecule has 0 amide bonds. The van der Waals surface area contributed by atoms with Gasteiger partial charge in [-0.15, -0.1) is 0 Å². The van der Waals surface area contributed by atoms with E-state index in [9.17, 15) is 0 Å². The Bertz CT molecular complexity index is 605. The van der Waals surface area contributed by atoms with Crippen LogP contribution in [0.15, 0.2) is 18.3 Å². The highest BCUT2D eigenvalue weighted by Crippen LogP contribution is 2.31. The maximum atomic E-state index is 6.37. The molecule has 114 valence electrons. The summed E-state index contributed by atoms with van der Waals surface area (Å²) < 4.78 is 6.37. The van der Waals surface area contributed by atoms with Crippen LogP contribution in [0.3, 0.4) is 0 Å². The van der Waals surface area contributed by atoms with E-state index in [0.717, 1.165) is 30.5 Å². The minimum atomic E-state index is 0.334. The van der Waals surface area contributed by atoms with Crippen molar-refractivity contribution in [1.29, 1.82) is 0 Å². The van der Waals surface area contributed by atoms with Gasteiger partial charge < -0.3 is 9.64 Å². The number of fused-ring (bicyclic) bond motifs is 1. The third-order valence-corrected chi connectivity index (χ3v) is 4.67. The largest absolute Gasteiger partial charge is 0.490 e. The lowest BCUT2D eigenvalue weighted by Gasteiger charge is -2.33. The molecule has 1 heterocycles. The van der Waals surface area contributed by atoms with Gasteiger partial charge in [0.2, 0.25) is 0 Å². The quantitative estimate of drug-likeness (QED) is 0.937. The number of benzene rings is 1. The van der Waals surface area contributed by atoms with Crippen LogP contribution >= 0.6 is 0 Å². The van der Waals surface area contributed by atoms with Crippen molar-refractivity contribution in [3.8, 4) is 5.75 Å². The van der Waals surface area contributed by atoms with Crippen LogP contribution in [0.1, 0.15) is 38.2 Å². The number of hydrogen-bond acceptors (Lipinski definition) is 3. The average Bonchev–Trinajstić information content (AvgIpc) is 2.96. The van der Waals surface area contributed by atoms with E-state index in [1.54, 1.807) is 0 Å². The van der Waals surface area contributed by atoms with Crippen molar-refractivity contribution in [3.05, 3.63) is 23.9 Å². The Kier molecular flexibility index (Phi) is 4.15. The van der Waals surface area contributed by atoms with E-state index >= 15 is 0 Å². The molecular weight excluding hydrogens is 262 g/mol. The molecule has 1 aliphatic carbocycles. The molecule has 21 heavy (non-hydrogen) atoms. The van der Waals surface area contributed by atoms with Gasteiger partial charge in [-0.1, -0.05) is 6.92 Å². The summed E-state index contributed by atoms with van der Waals surface area (Å²) in [7, 11) is 4.34. The van der Waals surface area contributed by atoms with E-state index < -0.39 is 0 Å². The summed E-state index contributed by atoms with van der Waals surface area (Å²) in [5.41, 5.74) is 2.36. The predicted molar refractivity (Wildman–Crippen MR) is 85.8 cm³/mol. The Morgan fingerprint density at radius 3 is 2.95 bits per heavy atom. The second kappa shape index (κ2) is 6.06. The molecule has 2 aromatic rings. The molecule has 4 heteroatoms. The second-order valence-electron chi connectivity index (χ2n) is 6.25. The molecule has 3 rings (SSSR count). The molecule has 0 bridgehead atoms. The maximum Gasteiger partial charge on any atom is 0.123 e. The van der Waals surface area contributed by atoms with Gasteiger partial charge in [0.05, 0.1) is 11.7 Å². The van der Waals surface area contributed by atoms with Crippen molar-refractivity contribution in [1.82, 2.24) is 15.1 Å². The number of aryl methyl sites for hydroxylation is 1. The number of nitrogens with zero attached hydrogens (tertiary/aromatic N) is 2. The molecule has 1 N–H and O–H groups in total. The summed E-state index contributed by atoms with van der Waals surface area (Å²) in [6.07, 6.45) is 8.04. The summed E-state index contributed by atoms with van der Waals surface area (Å²) in [4.78, 5) is 2.33. The van der Waals surface area contributed by atoms with Crippen LogP contribution in [-0.4, -0.2) is 41.3 Å². The van der Waals surface area contributed by atoms with Crippen molar-refractivity contribution in [2.75, 3.05) is 14.1 Å². The van der Waals surface area contributed by atoms with Crippen LogP contribution < -0.4 is 4.74 Å². The number of H-pyrrole nitrogens is 1.